The molecule has 2 aliphatic rings. The van der Waals surface area contributed by atoms with Crippen LogP contribution in [0.2, 0.25) is 0 Å². The minimum Gasteiger partial charge on any atom is -0.339 e. The van der Waals surface area contributed by atoms with Crippen LogP contribution < -0.4 is 0 Å². The van der Waals surface area contributed by atoms with Crippen molar-refractivity contribution in [3.05, 3.63) is 71.9 Å². The number of likely N-dealkylation sites (tertiary alicyclic amines) is 1. The van der Waals surface area contributed by atoms with Crippen molar-refractivity contribution in [3.8, 4) is 0 Å². The molecule has 0 amide bonds. The summed E-state index contributed by atoms with van der Waals surface area (Å²) in [7, 11) is 0. The quantitative estimate of drug-likeness (QED) is 0.674. The zero-order chi connectivity index (χ0) is 18.8. The van der Waals surface area contributed by atoms with E-state index in [9.17, 15) is 0 Å². The molecule has 28 heavy (non-hydrogen) atoms. The van der Waals surface area contributed by atoms with E-state index in [4.69, 9.17) is 9.51 Å². The zero-order valence-corrected chi connectivity index (χ0v) is 15.9. The fourth-order valence-corrected chi connectivity index (χ4v) is 4.69. The van der Waals surface area contributed by atoms with Crippen molar-refractivity contribution in [3.63, 3.8) is 0 Å². The summed E-state index contributed by atoms with van der Waals surface area (Å²) in [6, 6.07) is 8.33. The van der Waals surface area contributed by atoms with E-state index >= 15 is 0 Å². The van der Waals surface area contributed by atoms with Crippen LogP contribution >= 0.6 is 0 Å². The highest BCUT2D eigenvalue weighted by Gasteiger charge is 2.39. The molecule has 2 fully saturated rings. The Morgan fingerprint density at radius 3 is 2.57 bits per heavy atom. The van der Waals surface area contributed by atoms with Crippen LogP contribution in [0.15, 0.2) is 53.6 Å². The summed E-state index contributed by atoms with van der Waals surface area (Å²) in [5, 5.41) is 4.35. The van der Waals surface area contributed by atoms with Crippen molar-refractivity contribution in [1.82, 2.24) is 25.0 Å². The maximum Gasteiger partial charge on any atom is 0.231 e. The number of aromatic nitrogens is 4. The fourth-order valence-electron chi connectivity index (χ4n) is 4.69. The lowest BCUT2D eigenvalue weighted by Gasteiger charge is -2.16. The monoisotopic (exact) mass is 375 g/mol. The predicted molar refractivity (Wildman–Crippen MR) is 105 cm³/mol. The number of hydrogen-bond donors (Lipinski definition) is 0. The summed E-state index contributed by atoms with van der Waals surface area (Å²) in [6.07, 6.45) is 12.4. The van der Waals surface area contributed by atoms with Gasteiger partial charge in [0.25, 0.3) is 0 Å². The molecule has 1 aliphatic carbocycles. The SMILES string of the molecule is c1cncc(C2CN(Cc3ccncc3)CC2c2nc(C3CCCC3)no2)c1. The molecule has 0 bridgehead atoms. The third-order valence-corrected chi connectivity index (χ3v) is 6.16. The van der Waals surface area contributed by atoms with Crippen molar-refractivity contribution >= 4 is 0 Å². The average Bonchev–Trinajstić information content (AvgIpc) is 3.49. The van der Waals surface area contributed by atoms with Gasteiger partial charge in [-0.25, -0.2) is 0 Å². The van der Waals surface area contributed by atoms with Gasteiger partial charge in [0.05, 0.1) is 5.92 Å². The van der Waals surface area contributed by atoms with Gasteiger partial charge in [-0.05, 0) is 42.2 Å². The largest absolute Gasteiger partial charge is 0.339 e. The van der Waals surface area contributed by atoms with Crippen molar-refractivity contribution in [2.24, 2.45) is 0 Å². The van der Waals surface area contributed by atoms with Crippen molar-refractivity contribution in [1.29, 1.82) is 0 Å². The molecule has 4 heterocycles. The van der Waals surface area contributed by atoms with Gasteiger partial charge in [-0.2, -0.15) is 4.98 Å². The molecular formula is C22H25N5O. The van der Waals surface area contributed by atoms with E-state index in [1.54, 1.807) is 0 Å². The summed E-state index contributed by atoms with van der Waals surface area (Å²) < 4.78 is 5.79. The minimum absolute atomic E-state index is 0.202. The number of hydrogen-bond acceptors (Lipinski definition) is 6. The van der Waals surface area contributed by atoms with Crippen molar-refractivity contribution in [2.75, 3.05) is 13.1 Å². The lowest BCUT2D eigenvalue weighted by Crippen LogP contribution is -2.20. The normalized spacial score (nSPS) is 23.4. The van der Waals surface area contributed by atoms with E-state index in [2.05, 4.69) is 38.2 Å². The molecule has 6 nitrogen and oxygen atoms in total. The number of nitrogens with zero attached hydrogens (tertiary/aromatic N) is 5. The van der Waals surface area contributed by atoms with E-state index in [0.29, 0.717) is 11.8 Å². The van der Waals surface area contributed by atoms with Gasteiger partial charge in [-0.3, -0.25) is 14.9 Å². The van der Waals surface area contributed by atoms with Crippen LogP contribution in [-0.2, 0) is 6.54 Å². The molecule has 2 unspecified atom stereocenters. The summed E-state index contributed by atoms with van der Waals surface area (Å²) in [6.45, 7) is 2.77. The lowest BCUT2D eigenvalue weighted by atomic mass is 9.90. The number of rotatable bonds is 5. The molecule has 3 aromatic heterocycles. The number of pyridine rings is 2. The standard InChI is InChI=1S/C22H25N5O/c1-2-5-17(4-1)21-25-22(28-26-21)20-15-27(13-16-7-10-23-11-8-16)14-19(20)18-6-3-9-24-12-18/h3,6-12,17,19-20H,1-2,4-5,13-15H2. The van der Waals surface area contributed by atoms with E-state index in [1.807, 2.05) is 30.9 Å². The molecule has 1 saturated carbocycles. The van der Waals surface area contributed by atoms with Gasteiger partial charge in [0.2, 0.25) is 5.89 Å². The molecular weight excluding hydrogens is 350 g/mol. The molecule has 5 rings (SSSR count). The van der Waals surface area contributed by atoms with Crippen LogP contribution in [0.25, 0.3) is 0 Å². The van der Waals surface area contributed by atoms with E-state index in [-0.39, 0.29) is 5.92 Å². The molecule has 6 heteroatoms. The van der Waals surface area contributed by atoms with Gasteiger partial charge in [0.1, 0.15) is 0 Å². The van der Waals surface area contributed by atoms with Crippen molar-refractivity contribution < 1.29 is 4.52 Å². The molecule has 0 N–H and O–H groups in total. The third-order valence-electron chi connectivity index (χ3n) is 6.16. The molecule has 1 saturated heterocycles. The Bertz CT molecular complexity index is 892. The van der Waals surface area contributed by atoms with E-state index in [0.717, 1.165) is 31.3 Å². The first-order chi connectivity index (χ1) is 13.9. The Kier molecular flexibility index (Phi) is 4.87. The average molecular weight is 375 g/mol. The second kappa shape index (κ2) is 7.80. The van der Waals surface area contributed by atoms with Gasteiger partial charge in [0, 0.05) is 56.3 Å². The van der Waals surface area contributed by atoms with E-state index in [1.165, 1.54) is 36.8 Å². The van der Waals surface area contributed by atoms with Crippen LogP contribution in [-0.4, -0.2) is 38.1 Å². The molecule has 1 aliphatic heterocycles. The second-order valence-corrected chi connectivity index (χ2v) is 8.02. The van der Waals surface area contributed by atoms with Gasteiger partial charge in [-0.1, -0.05) is 24.1 Å². The van der Waals surface area contributed by atoms with Gasteiger partial charge in [-0.15, -0.1) is 0 Å². The minimum atomic E-state index is 0.202. The maximum atomic E-state index is 5.79. The molecule has 144 valence electrons. The van der Waals surface area contributed by atoms with Crippen LogP contribution in [0.1, 0.15) is 66.3 Å². The Morgan fingerprint density at radius 2 is 1.79 bits per heavy atom. The van der Waals surface area contributed by atoms with Gasteiger partial charge < -0.3 is 4.52 Å². The highest BCUT2D eigenvalue weighted by atomic mass is 16.5. The summed E-state index contributed by atoms with van der Waals surface area (Å²) >= 11 is 0. The Hall–Kier alpha value is -2.60. The molecule has 0 aromatic carbocycles. The Balaban J connectivity index is 1.40. The summed E-state index contributed by atoms with van der Waals surface area (Å²) in [4.78, 5) is 15.8. The van der Waals surface area contributed by atoms with Crippen molar-refractivity contribution in [2.45, 2.75) is 50.0 Å². The molecule has 3 aromatic rings. The fraction of sp³-hybridized carbons (Fsp3) is 0.455. The van der Waals surface area contributed by atoms with Crippen LogP contribution in [0.3, 0.4) is 0 Å². The second-order valence-electron chi connectivity index (χ2n) is 8.02. The molecule has 0 radical (unpaired) electrons. The highest BCUT2D eigenvalue weighted by molar-refractivity contribution is 5.24. The smallest absolute Gasteiger partial charge is 0.231 e. The van der Waals surface area contributed by atoms with Gasteiger partial charge in [0.15, 0.2) is 5.82 Å². The van der Waals surface area contributed by atoms with Crippen LogP contribution in [0, 0.1) is 0 Å². The molecule has 0 spiro atoms. The summed E-state index contributed by atoms with van der Waals surface area (Å²) in [5.41, 5.74) is 2.52. The Labute approximate surface area is 165 Å². The predicted octanol–water partition coefficient (Wildman–Crippen LogP) is 3.90. The molecule has 2 atom stereocenters. The third kappa shape index (κ3) is 3.56. The zero-order valence-electron chi connectivity index (χ0n) is 15.9. The summed E-state index contributed by atoms with van der Waals surface area (Å²) in [5.74, 6) is 2.68. The Morgan fingerprint density at radius 1 is 0.964 bits per heavy atom. The van der Waals surface area contributed by atoms with Gasteiger partial charge >= 0.3 is 0 Å². The first-order valence-corrected chi connectivity index (χ1v) is 10.2. The maximum absolute atomic E-state index is 5.79. The van der Waals surface area contributed by atoms with E-state index < -0.39 is 0 Å². The first-order valence-electron chi connectivity index (χ1n) is 10.2. The topological polar surface area (TPSA) is 67.9 Å². The van der Waals surface area contributed by atoms with Crippen LogP contribution in [0.4, 0.5) is 0 Å². The lowest BCUT2D eigenvalue weighted by molar-refractivity contribution is 0.308. The van der Waals surface area contributed by atoms with Crippen LogP contribution in [0.5, 0.6) is 0 Å². The first kappa shape index (κ1) is 17.5. The highest BCUT2D eigenvalue weighted by Crippen LogP contribution is 2.40.